The number of allylic oxidation sites excluding steroid dienone is 2. The van der Waals surface area contributed by atoms with Crippen LogP contribution in [0.15, 0.2) is 12.2 Å². The molecule has 0 saturated heterocycles. The van der Waals surface area contributed by atoms with Crippen LogP contribution in [0.1, 0.15) is 0 Å². The summed E-state index contributed by atoms with van der Waals surface area (Å²) in [5.41, 5.74) is 0. The smallest absolute Gasteiger partial charge is 0.126 e. The molecule has 0 atom stereocenters. The van der Waals surface area contributed by atoms with Crippen LogP contribution in [0.25, 0.3) is 0 Å². The lowest BCUT2D eigenvalue weighted by Gasteiger charge is -1.80. The highest BCUT2D eigenvalue weighted by atomic mass is 35.5. The third kappa shape index (κ3) is 5.81. The molecule has 0 unspecified atom stereocenters. The second kappa shape index (κ2) is 3.98. The first-order chi connectivity index (χ1) is 3.27. The average Bonchev–Trinajstić information content (AvgIpc) is 1.61. The Hall–Kier alpha value is -0.190. The minimum Gasteiger partial charge on any atom is -0.193 e. The first kappa shape index (κ1) is 6.81. The van der Waals surface area contributed by atoms with Crippen LogP contribution in [0, 0.1) is 11.3 Å². The van der Waals surface area contributed by atoms with Crippen molar-refractivity contribution in [2.24, 2.45) is 0 Å². The molecule has 0 saturated carbocycles. The molecule has 0 N–H and O–H groups in total. The zero-order chi connectivity index (χ0) is 5.70. The molecule has 3 heteroatoms. The normalized spacial score (nSPS) is 10.0. The van der Waals surface area contributed by atoms with Gasteiger partial charge in [0.2, 0.25) is 0 Å². The standard InChI is InChI=1S/C4H3Cl2N/c5-4(6)2-1-3-7/h1-2,4H/b2-1+. The second-order valence-electron chi connectivity index (χ2n) is 0.823. The maximum atomic E-state index is 7.86. The van der Waals surface area contributed by atoms with Crippen molar-refractivity contribution in [1.29, 1.82) is 5.26 Å². The molecule has 7 heavy (non-hydrogen) atoms. The fraction of sp³-hybridized carbons (Fsp3) is 0.250. The summed E-state index contributed by atoms with van der Waals surface area (Å²) in [6.45, 7) is 0. The highest BCUT2D eigenvalue weighted by molar-refractivity contribution is 6.45. The van der Waals surface area contributed by atoms with Gasteiger partial charge in [-0.15, -0.1) is 23.2 Å². The molecule has 0 bridgehead atoms. The van der Waals surface area contributed by atoms with Gasteiger partial charge < -0.3 is 0 Å². The van der Waals surface area contributed by atoms with Crippen LogP contribution in [0.4, 0.5) is 0 Å². The third-order valence-corrected chi connectivity index (χ3v) is 0.607. The van der Waals surface area contributed by atoms with E-state index < -0.39 is 4.84 Å². The van der Waals surface area contributed by atoms with Gasteiger partial charge in [0.1, 0.15) is 4.84 Å². The van der Waals surface area contributed by atoms with Gasteiger partial charge in [0.05, 0.1) is 6.07 Å². The molecular weight excluding hydrogens is 133 g/mol. The first-order valence-electron chi connectivity index (χ1n) is 1.62. The first-order valence-corrected chi connectivity index (χ1v) is 2.49. The van der Waals surface area contributed by atoms with E-state index in [0.29, 0.717) is 0 Å². The van der Waals surface area contributed by atoms with Crippen molar-refractivity contribution < 1.29 is 0 Å². The number of hydrogen-bond acceptors (Lipinski definition) is 1. The molecular formula is C4H3Cl2N. The van der Waals surface area contributed by atoms with Crippen LogP contribution in [0.2, 0.25) is 0 Å². The van der Waals surface area contributed by atoms with Crippen molar-refractivity contribution in [3.05, 3.63) is 12.2 Å². The number of hydrogen-bond donors (Lipinski definition) is 0. The molecule has 0 radical (unpaired) electrons. The Labute approximate surface area is 52.1 Å². The van der Waals surface area contributed by atoms with E-state index in [0.717, 1.165) is 0 Å². The van der Waals surface area contributed by atoms with Gasteiger partial charge in [0, 0.05) is 6.08 Å². The molecule has 0 aromatic heterocycles. The average molecular weight is 136 g/mol. The molecule has 0 aliphatic heterocycles. The largest absolute Gasteiger partial charge is 0.193 e. The molecule has 0 aromatic carbocycles. The van der Waals surface area contributed by atoms with Crippen molar-refractivity contribution in [2.45, 2.75) is 4.84 Å². The number of halogens is 2. The van der Waals surface area contributed by atoms with E-state index in [1.807, 2.05) is 0 Å². The summed E-state index contributed by atoms with van der Waals surface area (Å²) in [6, 6.07) is 1.75. The van der Waals surface area contributed by atoms with E-state index in [9.17, 15) is 0 Å². The van der Waals surface area contributed by atoms with E-state index in [1.165, 1.54) is 12.2 Å². The molecule has 0 aliphatic carbocycles. The van der Waals surface area contributed by atoms with Crippen LogP contribution < -0.4 is 0 Å². The molecule has 1 nitrogen and oxygen atoms in total. The van der Waals surface area contributed by atoms with Gasteiger partial charge in [-0.3, -0.25) is 0 Å². The Morgan fingerprint density at radius 3 is 2.29 bits per heavy atom. The van der Waals surface area contributed by atoms with Crippen molar-refractivity contribution >= 4 is 23.2 Å². The van der Waals surface area contributed by atoms with Crippen LogP contribution in [-0.2, 0) is 0 Å². The van der Waals surface area contributed by atoms with Crippen molar-refractivity contribution in [1.82, 2.24) is 0 Å². The Morgan fingerprint density at radius 1 is 1.57 bits per heavy atom. The summed E-state index contributed by atoms with van der Waals surface area (Å²) >= 11 is 10.4. The molecule has 0 heterocycles. The maximum absolute atomic E-state index is 7.86. The number of alkyl halides is 2. The fourth-order valence-corrected chi connectivity index (χ4v) is 0.261. The topological polar surface area (TPSA) is 23.8 Å². The zero-order valence-electron chi connectivity index (χ0n) is 3.44. The van der Waals surface area contributed by atoms with E-state index >= 15 is 0 Å². The highest BCUT2D eigenvalue weighted by Gasteiger charge is 1.84. The molecule has 0 aliphatic rings. The van der Waals surface area contributed by atoms with Crippen molar-refractivity contribution in [2.75, 3.05) is 0 Å². The third-order valence-electron chi connectivity index (χ3n) is 0.316. The summed E-state index contributed by atoms with van der Waals surface area (Å²) in [5.74, 6) is 0. The lowest BCUT2D eigenvalue weighted by molar-refractivity contribution is 1.51. The Balaban J connectivity index is 3.31. The summed E-state index contributed by atoms with van der Waals surface area (Å²) in [6.07, 6.45) is 2.63. The number of nitriles is 1. The Bertz CT molecular complexity index is 101. The van der Waals surface area contributed by atoms with Gasteiger partial charge >= 0.3 is 0 Å². The van der Waals surface area contributed by atoms with Crippen molar-refractivity contribution in [3.8, 4) is 6.07 Å². The van der Waals surface area contributed by atoms with Gasteiger partial charge in [0.25, 0.3) is 0 Å². The number of nitrogens with zero attached hydrogens (tertiary/aromatic N) is 1. The predicted molar refractivity (Wildman–Crippen MR) is 30.2 cm³/mol. The van der Waals surface area contributed by atoms with Gasteiger partial charge in [-0.2, -0.15) is 5.26 Å². The summed E-state index contributed by atoms with van der Waals surface area (Å²) in [5, 5.41) is 7.86. The SMILES string of the molecule is N#C/C=C/C(Cl)Cl. The Morgan fingerprint density at radius 2 is 2.14 bits per heavy atom. The summed E-state index contributed by atoms with van der Waals surface area (Å²) in [7, 11) is 0. The monoisotopic (exact) mass is 135 g/mol. The van der Waals surface area contributed by atoms with Crippen molar-refractivity contribution in [3.63, 3.8) is 0 Å². The van der Waals surface area contributed by atoms with Crippen LogP contribution >= 0.6 is 23.2 Å². The van der Waals surface area contributed by atoms with E-state index in [1.54, 1.807) is 6.07 Å². The Kier molecular flexibility index (Phi) is 3.87. The van der Waals surface area contributed by atoms with Crippen LogP contribution in [0.3, 0.4) is 0 Å². The lowest BCUT2D eigenvalue weighted by atomic mass is 10.6. The van der Waals surface area contributed by atoms with Crippen LogP contribution in [-0.4, -0.2) is 4.84 Å². The molecule has 0 fully saturated rings. The lowest BCUT2D eigenvalue weighted by Crippen LogP contribution is -1.72. The van der Waals surface area contributed by atoms with Gasteiger partial charge in [-0.05, 0) is 6.08 Å². The van der Waals surface area contributed by atoms with E-state index in [-0.39, 0.29) is 0 Å². The summed E-state index contributed by atoms with van der Waals surface area (Å²) < 4.78 is 0. The quantitative estimate of drug-likeness (QED) is 0.398. The predicted octanol–water partition coefficient (Wildman–Crippen LogP) is 1.87. The van der Waals surface area contributed by atoms with E-state index in [4.69, 9.17) is 28.5 Å². The zero-order valence-corrected chi connectivity index (χ0v) is 4.95. The van der Waals surface area contributed by atoms with E-state index in [2.05, 4.69) is 0 Å². The molecule has 38 valence electrons. The minimum atomic E-state index is -0.556. The number of rotatable bonds is 1. The fourth-order valence-electron chi connectivity index (χ4n) is 0.116. The van der Waals surface area contributed by atoms with Gasteiger partial charge in [-0.1, -0.05) is 0 Å². The highest BCUT2D eigenvalue weighted by Crippen LogP contribution is 2.00. The van der Waals surface area contributed by atoms with Gasteiger partial charge in [-0.25, -0.2) is 0 Å². The molecule has 0 aromatic rings. The summed E-state index contributed by atoms with van der Waals surface area (Å²) in [4.78, 5) is -0.556. The minimum absolute atomic E-state index is 0.556. The van der Waals surface area contributed by atoms with Crippen LogP contribution in [0.5, 0.6) is 0 Å². The molecule has 0 rings (SSSR count). The van der Waals surface area contributed by atoms with Gasteiger partial charge in [0.15, 0.2) is 0 Å². The molecule has 0 spiro atoms. The molecule has 0 amide bonds. The maximum Gasteiger partial charge on any atom is 0.126 e. The second-order valence-corrected chi connectivity index (χ2v) is 1.99.